The fourth-order valence-corrected chi connectivity index (χ4v) is 1.05. The van der Waals surface area contributed by atoms with Crippen LogP contribution in [0.15, 0.2) is 30.9 Å². The summed E-state index contributed by atoms with van der Waals surface area (Å²) in [5, 5.41) is 9.46. The molecule has 0 aliphatic rings. The Morgan fingerprint density at radius 1 is 1.64 bits per heavy atom. The van der Waals surface area contributed by atoms with Crippen LogP contribution in [0.5, 0.6) is 11.5 Å². The molecule has 1 rings (SSSR count). The van der Waals surface area contributed by atoms with Crippen LogP contribution >= 0.6 is 0 Å². The first kappa shape index (κ1) is 10.1. The first-order chi connectivity index (χ1) is 6.63. The first-order valence-electron chi connectivity index (χ1n) is 4.03. The molecule has 0 spiro atoms. The summed E-state index contributed by atoms with van der Waals surface area (Å²) in [5.74, 6) is 0.284. The molecular weight excluding hydrogens is 182 g/mol. The summed E-state index contributed by atoms with van der Waals surface area (Å²) in [4.78, 5) is 10.4. The van der Waals surface area contributed by atoms with E-state index >= 15 is 0 Å². The molecule has 0 aliphatic heterocycles. The van der Waals surface area contributed by atoms with E-state index in [0.29, 0.717) is 6.42 Å². The summed E-state index contributed by atoms with van der Waals surface area (Å²) in [5.41, 5.74) is 5.53. The quantitative estimate of drug-likeness (QED) is 0.716. The maximum atomic E-state index is 10.4. The maximum absolute atomic E-state index is 10.4. The molecule has 0 bridgehead atoms. The topological polar surface area (TPSA) is 72.5 Å². The van der Waals surface area contributed by atoms with Crippen molar-refractivity contribution < 1.29 is 14.6 Å². The van der Waals surface area contributed by atoms with Crippen molar-refractivity contribution in [3.8, 4) is 11.5 Å². The van der Waals surface area contributed by atoms with Crippen molar-refractivity contribution in [2.24, 2.45) is 5.73 Å². The second kappa shape index (κ2) is 4.32. The normalized spacial score (nSPS) is 9.43. The van der Waals surface area contributed by atoms with E-state index in [0.717, 1.165) is 5.56 Å². The number of aromatic hydroxyl groups is 1. The summed E-state index contributed by atoms with van der Waals surface area (Å²) in [7, 11) is 0. The third-order valence-corrected chi connectivity index (χ3v) is 1.64. The van der Waals surface area contributed by atoms with Gasteiger partial charge in [0.15, 0.2) is 0 Å². The lowest BCUT2D eigenvalue weighted by atomic mass is 10.1. The van der Waals surface area contributed by atoms with E-state index < -0.39 is 6.09 Å². The summed E-state index contributed by atoms with van der Waals surface area (Å²) >= 11 is 0. The molecule has 3 N–H and O–H groups in total. The van der Waals surface area contributed by atoms with Crippen LogP contribution in [0.3, 0.4) is 0 Å². The Bertz CT molecular complexity index is 360. The van der Waals surface area contributed by atoms with Crippen molar-refractivity contribution in [1.82, 2.24) is 0 Å². The standard InChI is InChI=1S/C10H11NO3/c1-2-3-7-4-5-8(6-9(7)12)14-10(11)13/h2,4-6,12H,1,3H2,(H2,11,13). The Labute approximate surface area is 81.6 Å². The molecule has 0 radical (unpaired) electrons. The average molecular weight is 193 g/mol. The summed E-state index contributed by atoms with van der Waals surface area (Å²) in [6.07, 6.45) is 1.33. The van der Waals surface area contributed by atoms with Gasteiger partial charge in [-0.1, -0.05) is 12.1 Å². The molecule has 0 saturated heterocycles. The molecule has 1 aromatic rings. The zero-order valence-electron chi connectivity index (χ0n) is 7.56. The van der Waals surface area contributed by atoms with Crippen LogP contribution in [0.2, 0.25) is 0 Å². The van der Waals surface area contributed by atoms with Crippen LogP contribution < -0.4 is 10.5 Å². The van der Waals surface area contributed by atoms with Gasteiger partial charge in [-0.3, -0.25) is 0 Å². The number of carbonyl (C=O) groups is 1. The fourth-order valence-electron chi connectivity index (χ4n) is 1.05. The number of hydrogen-bond acceptors (Lipinski definition) is 3. The second-order valence-corrected chi connectivity index (χ2v) is 2.70. The molecule has 14 heavy (non-hydrogen) atoms. The van der Waals surface area contributed by atoms with Crippen LogP contribution in [0.25, 0.3) is 0 Å². The van der Waals surface area contributed by atoms with E-state index in [9.17, 15) is 9.90 Å². The van der Waals surface area contributed by atoms with E-state index in [-0.39, 0.29) is 11.5 Å². The molecule has 0 saturated carbocycles. The zero-order chi connectivity index (χ0) is 10.6. The van der Waals surface area contributed by atoms with Crippen molar-refractivity contribution in [1.29, 1.82) is 0 Å². The number of benzene rings is 1. The monoisotopic (exact) mass is 193 g/mol. The van der Waals surface area contributed by atoms with Gasteiger partial charge in [-0.2, -0.15) is 0 Å². The number of ether oxygens (including phenoxy) is 1. The Hall–Kier alpha value is -1.97. The van der Waals surface area contributed by atoms with Crippen molar-refractivity contribution >= 4 is 6.09 Å². The zero-order valence-corrected chi connectivity index (χ0v) is 7.56. The molecule has 74 valence electrons. The SMILES string of the molecule is C=CCc1ccc(OC(N)=O)cc1O. The van der Waals surface area contributed by atoms with Gasteiger partial charge in [-0.05, 0) is 18.1 Å². The van der Waals surface area contributed by atoms with E-state index in [1.807, 2.05) is 0 Å². The first-order valence-corrected chi connectivity index (χ1v) is 4.03. The van der Waals surface area contributed by atoms with Gasteiger partial charge in [0.05, 0.1) is 0 Å². The van der Waals surface area contributed by atoms with Gasteiger partial charge in [0, 0.05) is 6.07 Å². The Kier molecular flexibility index (Phi) is 3.12. The van der Waals surface area contributed by atoms with Crippen LogP contribution in [0.1, 0.15) is 5.56 Å². The van der Waals surface area contributed by atoms with E-state index in [1.165, 1.54) is 6.07 Å². The predicted molar refractivity (Wildman–Crippen MR) is 52.2 cm³/mol. The van der Waals surface area contributed by atoms with Gasteiger partial charge in [0.25, 0.3) is 0 Å². The number of nitrogens with two attached hydrogens (primary N) is 1. The Morgan fingerprint density at radius 2 is 2.36 bits per heavy atom. The van der Waals surface area contributed by atoms with Crippen LogP contribution in [0, 0.1) is 0 Å². The lowest BCUT2D eigenvalue weighted by Crippen LogP contribution is -2.16. The highest BCUT2D eigenvalue weighted by Gasteiger charge is 2.03. The molecule has 0 aromatic heterocycles. The third kappa shape index (κ3) is 2.52. The van der Waals surface area contributed by atoms with Gasteiger partial charge in [-0.25, -0.2) is 4.79 Å². The Balaban J connectivity index is 2.88. The lowest BCUT2D eigenvalue weighted by molar-refractivity contribution is 0.210. The number of carbonyl (C=O) groups excluding carboxylic acids is 1. The molecule has 0 unspecified atom stereocenters. The van der Waals surface area contributed by atoms with Crippen molar-refractivity contribution in [3.05, 3.63) is 36.4 Å². The lowest BCUT2D eigenvalue weighted by Gasteiger charge is -2.04. The third-order valence-electron chi connectivity index (χ3n) is 1.64. The minimum Gasteiger partial charge on any atom is -0.508 e. The molecule has 1 amide bonds. The number of amides is 1. The Morgan fingerprint density at radius 3 is 2.86 bits per heavy atom. The minimum absolute atomic E-state index is 0.0589. The average Bonchev–Trinajstić information content (AvgIpc) is 2.09. The highest BCUT2D eigenvalue weighted by molar-refractivity contribution is 5.68. The molecule has 0 heterocycles. The van der Waals surface area contributed by atoms with E-state index in [2.05, 4.69) is 11.3 Å². The molecule has 4 nitrogen and oxygen atoms in total. The van der Waals surface area contributed by atoms with E-state index in [1.54, 1.807) is 18.2 Å². The summed E-state index contributed by atoms with van der Waals surface area (Å²) in [6.45, 7) is 3.55. The number of phenolic OH excluding ortho intramolecular Hbond substituents is 1. The predicted octanol–water partition coefficient (Wildman–Crippen LogP) is 1.58. The van der Waals surface area contributed by atoms with Crippen LogP contribution in [-0.2, 0) is 6.42 Å². The second-order valence-electron chi connectivity index (χ2n) is 2.70. The summed E-state index contributed by atoms with van der Waals surface area (Å²) < 4.78 is 4.58. The van der Waals surface area contributed by atoms with Crippen molar-refractivity contribution in [3.63, 3.8) is 0 Å². The minimum atomic E-state index is -0.902. The fraction of sp³-hybridized carbons (Fsp3) is 0.100. The van der Waals surface area contributed by atoms with Gasteiger partial charge in [-0.15, -0.1) is 6.58 Å². The molecular formula is C10H11NO3. The molecule has 0 aliphatic carbocycles. The number of primary amides is 1. The maximum Gasteiger partial charge on any atom is 0.409 e. The van der Waals surface area contributed by atoms with Gasteiger partial charge in [0.2, 0.25) is 0 Å². The van der Waals surface area contributed by atoms with Crippen molar-refractivity contribution in [2.75, 3.05) is 0 Å². The van der Waals surface area contributed by atoms with E-state index in [4.69, 9.17) is 5.73 Å². The number of phenols is 1. The van der Waals surface area contributed by atoms with Crippen molar-refractivity contribution in [2.45, 2.75) is 6.42 Å². The largest absolute Gasteiger partial charge is 0.508 e. The van der Waals surface area contributed by atoms with Gasteiger partial charge in [0.1, 0.15) is 11.5 Å². The van der Waals surface area contributed by atoms with Crippen LogP contribution in [-0.4, -0.2) is 11.2 Å². The smallest absolute Gasteiger partial charge is 0.409 e. The van der Waals surface area contributed by atoms with Gasteiger partial charge >= 0.3 is 6.09 Å². The number of rotatable bonds is 3. The number of hydrogen-bond donors (Lipinski definition) is 2. The number of allylic oxidation sites excluding steroid dienone is 1. The molecule has 0 atom stereocenters. The molecule has 4 heteroatoms. The molecule has 1 aromatic carbocycles. The highest BCUT2D eigenvalue weighted by Crippen LogP contribution is 2.24. The summed E-state index contributed by atoms with van der Waals surface area (Å²) in [6, 6.07) is 4.54. The molecule has 0 fully saturated rings. The van der Waals surface area contributed by atoms with Crippen LogP contribution in [0.4, 0.5) is 4.79 Å². The van der Waals surface area contributed by atoms with Gasteiger partial charge < -0.3 is 15.6 Å². The highest BCUT2D eigenvalue weighted by atomic mass is 16.5.